The highest BCUT2D eigenvalue weighted by Crippen LogP contribution is 2.31. The number of hydrogen-bond acceptors (Lipinski definition) is 3. The lowest BCUT2D eigenvalue weighted by Gasteiger charge is -2.14. The van der Waals surface area contributed by atoms with E-state index >= 15 is 0 Å². The van der Waals surface area contributed by atoms with Crippen molar-refractivity contribution in [3.63, 3.8) is 0 Å². The molecule has 1 aromatic heterocycles. The van der Waals surface area contributed by atoms with Crippen LogP contribution in [0.5, 0.6) is 0 Å². The van der Waals surface area contributed by atoms with Gasteiger partial charge < -0.3 is 10.4 Å². The van der Waals surface area contributed by atoms with Gasteiger partial charge in [-0.05, 0) is 47.9 Å². The summed E-state index contributed by atoms with van der Waals surface area (Å²) >= 11 is 6.17. The number of fused-ring (bicyclic) bond motifs is 1. The lowest BCUT2D eigenvalue weighted by Crippen LogP contribution is -1.99. The van der Waals surface area contributed by atoms with Gasteiger partial charge in [-0.3, -0.25) is 4.98 Å². The molecule has 4 heteroatoms. The molecular weight excluding hydrogens is 356 g/mol. The molecule has 0 saturated carbocycles. The van der Waals surface area contributed by atoms with Crippen LogP contribution >= 0.6 is 11.6 Å². The Morgan fingerprint density at radius 3 is 2.37 bits per heavy atom. The molecule has 0 atom stereocenters. The number of nitrogens with one attached hydrogen (secondary N) is 1. The number of nitrogens with zero attached hydrogens (tertiary/aromatic N) is 1. The molecule has 0 aliphatic carbocycles. The molecule has 0 aliphatic heterocycles. The van der Waals surface area contributed by atoms with Gasteiger partial charge in [0.05, 0.1) is 17.8 Å². The quantitative estimate of drug-likeness (QED) is 0.470. The van der Waals surface area contributed by atoms with E-state index in [9.17, 15) is 5.11 Å². The van der Waals surface area contributed by atoms with E-state index in [1.54, 1.807) is 6.20 Å². The number of pyridine rings is 1. The Morgan fingerprint density at radius 2 is 1.63 bits per heavy atom. The van der Waals surface area contributed by atoms with E-state index in [1.165, 1.54) is 11.1 Å². The van der Waals surface area contributed by atoms with Crippen LogP contribution in [-0.4, -0.2) is 10.1 Å². The number of rotatable bonds is 5. The molecule has 0 amide bonds. The fourth-order valence-corrected chi connectivity index (χ4v) is 3.33. The maximum atomic E-state index is 9.72. The minimum atomic E-state index is -0.0934. The van der Waals surface area contributed by atoms with Gasteiger partial charge in [0.2, 0.25) is 0 Å². The molecule has 2 N–H and O–H groups in total. The monoisotopic (exact) mass is 374 g/mol. The van der Waals surface area contributed by atoms with Gasteiger partial charge in [-0.1, -0.05) is 54.1 Å². The topological polar surface area (TPSA) is 45.2 Å². The summed E-state index contributed by atoms with van der Waals surface area (Å²) in [5.74, 6) is 0. The summed E-state index contributed by atoms with van der Waals surface area (Å²) in [6.07, 6.45) is 2.60. The maximum Gasteiger partial charge on any atom is 0.0724 e. The van der Waals surface area contributed by atoms with Gasteiger partial charge in [-0.15, -0.1) is 0 Å². The molecule has 3 nitrogen and oxygen atoms in total. The third-order valence-electron chi connectivity index (χ3n) is 4.55. The Morgan fingerprint density at radius 1 is 0.889 bits per heavy atom. The van der Waals surface area contributed by atoms with Crippen molar-refractivity contribution in [2.24, 2.45) is 0 Å². The summed E-state index contributed by atoms with van der Waals surface area (Å²) in [5, 5.41) is 14.7. The van der Waals surface area contributed by atoms with E-state index in [0.29, 0.717) is 5.02 Å². The number of hydrogen-bond donors (Lipinski definition) is 2. The predicted octanol–water partition coefficient (Wildman–Crippen LogP) is 5.71. The van der Waals surface area contributed by atoms with Crippen molar-refractivity contribution in [1.82, 2.24) is 4.98 Å². The fourth-order valence-electron chi connectivity index (χ4n) is 3.16. The van der Waals surface area contributed by atoms with Crippen molar-refractivity contribution in [1.29, 1.82) is 0 Å². The second kappa shape index (κ2) is 7.78. The van der Waals surface area contributed by atoms with Gasteiger partial charge in [0.25, 0.3) is 0 Å². The first kappa shape index (κ1) is 17.5. The highest BCUT2D eigenvalue weighted by atomic mass is 35.5. The van der Waals surface area contributed by atoms with Gasteiger partial charge in [0, 0.05) is 27.9 Å². The molecular formula is C23H19ClN2O. The summed E-state index contributed by atoms with van der Waals surface area (Å²) in [7, 11) is 0. The predicted molar refractivity (Wildman–Crippen MR) is 112 cm³/mol. The Bertz CT molecular complexity index is 1060. The van der Waals surface area contributed by atoms with E-state index < -0.39 is 0 Å². The Balaban J connectivity index is 1.63. The lowest BCUT2D eigenvalue weighted by molar-refractivity contribution is 0.282. The zero-order chi connectivity index (χ0) is 18.6. The molecule has 0 fully saturated rings. The molecule has 0 radical (unpaired) electrons. The molecule has 1 heterocycles. The lowest BCUT2D eigenvalue weighted by atomic mass is 10.0. The average molecular weight is 375 g/mol. The first-order valence-corrected chi connectivity index (χ1v) is 9.18. The van der Waals surface area contributed by atoms with Crippen LogP contribution < -0.4 is 5.32 Å². The molecule has 0 saturated heterocycles. The van der Waals surface area contributed by atoms with Crippen LogP contribution in [0.2, 0.25) is 5.02 Å². The standard InChI is InChI=1S/C23H19ClN2O/c24-19-8-11-22-21(13-19)23(18(15-27)14-25-22)26-20-9-6-17(7-10-20)12-16-4-2-1-3-5-16/h1-11,13-14,27H,12,15H2,(H,25,26). The highest BCUT2D eigenvalue weighted by Gasteiger charge is 2.10. The van der Waals surface area contributed by atoms with Crippen LogP contribution in [0.3, 0.4) is 0 Å². The number of anilines is 2. The van der Waals surface area contributed by atoms with Crippen molar-refractivity contribution >= 4 is 33.9 Å². The first-order valence-electron chi connectivity index (χ1n) is 8.81. The van der Waals surface area contributed by atoms with Crippen LogP contribution in [-0.2, 0) is 13.0 Å². The molecule has 4 rings (SSSR count). The zero-order valence-electron chi connectivity index (χ0n) is 14.7. The van der Waals surface area contributed by atoms with E-state index in [-0.39, 0.29) is 6.61 Å². The van der Waals surface area contributed by atoms with Gasteiger partial charge in [0.1, 0.15) is 0 Å². The van der Waals surface area contributed by atoms with E-state index in [1.807, 2.05) is 24.3 Å². The van der Waals surface area contributed by atoms with Gasteiger partial charge >= 0.3 is 0 Å². The first-order chi connectivity index (χ1) is 13.2. The summed E-state index contributed by atoms with van der Waals surface area (Å²) in [6.45, 7) is -0.0934. The van der Waals surface area contributed by atoms with Gasteiger partial charge in [-0.2, -0.15) is 0 Å². The summed E-state index contributed by atoms with van der Waals surface area (Å²) < 4.78 is 0. The van der Waals surface area contributed by atoms with Crippen LogP contribution in [0.25, 0.3) is 10.9 Å². The van der Waals surface area contributed by atoms with Crippen LogP contribution in [0.15, 0.2) is 79.0 Å². The number of halogens is 1. The van der Waals surface area contributed by atoms with Crippen molar-refractivity contribution in [2.45, 2.75) is 13.0 Å². The normalized spacial score (nSPS) is 10.9. The van der Waals surface area contributed by atoms with Crippen LogP contribution in [0, 0.1) is 0 Å². The summed E-state index contributed by atoms with van der Waals surface area (Å²) in [4.78, 5) is 4.40. The van der Waals surface area contributed by atoms with Crippen molar-refractivity contribution in [3.05, 3.63) is 101 Å². The minimum Gasteiger partial charge on any atom is -0.392 e. The molecule has 0 spiro atoms. The smallest absolute Gasteiger partial charge is 0.0724 e. The molecule has 0 aliphatic rings. The second-order valence-corrected chi connectivity index (χ2v) is 6.90. The summed E-state index contributed by atoms with van der Waals surface area (Å²) in [5.41, 5.74) is 5.89. The maximum absolute atomic E-state index is 9.72. The fraction of sp³-hybridized carbons (Fsp3) is 0.0870. The molecule has 4 aromatic rings. The summed E-state index contributed by atoms with van der Waals surface area (Å²) in [6, 6.07) is 24.3. The zero-order valence-corrected chi connectivity index (χ0v) is 15.4. The molecule has 3 aromatic carbocycles. The van der Waals surface area contributed by atoms with Crippen molar-refractivity contribution < 1.29 is 5.11 Å². The van der Waals surface area contributed by atoms with E-state index in [4.69, 9.17) is 11.6 Å². The minimum absolute atomic E-state index is 0.0934. The number of aliphatic hydroxyl groups excluding tert-OH is 1. The third kappa shape index (κ3) is 3.95. The SMILES string of the molecule is OCc1cnc2ccc(Cl)cc2c1Nc1ccc(Cc2ccccc2)cc1. The molecule has 0 bridgehead atoms. The van der Waals surface area contributed by atoms with E-state index in [2.05, 4.69) is 58.8 Å². The number of benzene rings is 3. The Kier molecular flexibility index (Phi) is 5.05. The molecule has 0 unspecified atom stereocenters. The van der Waals surface area contributed by atoms with Crippen LogP contribution in [0.1, 0.15) is 16.7 Å². The van der Waals surface area contributed by atoms with Crippen molar-refractivity contribution in [2.75, 3.05) is 5.32 Å². The molecule has 134 valence electrons. The van der Waals surface area contributed by atoms with E-state index in [0.717, 1.165) is 34.3 Å². The number of aromatic nitrogens is 1. The highest BCUT2D eigenvalue weighted by molar-refractivity contribution is 6.31. The van der Waals surface area contributed by atoms with Crippen LogP contribution in [0.4, 0.5) is 11.4 Å². The van der Waals surface area contributed by atoms with Gasteiger partial charge in [0.15, 0.2) is 0 Å². The third-order valence-corrected chi connectivity index (χ3v) is 4.79. The Hall–Kier alpha value is -2.88. The van der Waals surface area contributed by atoms with Gasteiger partial charge in [-0.25, -0.2) is 0 Å². The molecule has 27 heavy (non-hydrogen) atoms. The Labute approximate surface area is 163 Å². The number of aliphatic hydroxyl groups is 1. The largest absolute Gasteiger partial charge is 0.392 e. The average Bonchev–Trinajstić information content (AvgIpc) is 2.70. The second-order valence-electron chi connectivity index (χ2n) is 6.46. The van der Waals surface area contributed by atoms with Crippen molar-refractivity contribution in [3.8, 4) is 0 Å².